The predicted octanol–water partition coefficient (Wildman–Crippen LogP) is 1.55. The Hall–Kier alpha value is -1.36. The number of amides is 1. The summed E-state index contributed by atoms with van der Waals surface area (Å²) in [6, 6.07) is 7.29. The van der Waals surface area contributed by atoms with Crippen molar-refractivity contribution in [3.05, 3.63) is 34.3 Å². The first-order chi connectivity index (χ1) is 7.58. The molecule has 1 aromatic carbocycles. The number of rotatable bonds is 2. The van der Waals surface area contributed by atoms with Gasteiger partial charge in [0.05, 0.1) is 0 Å². The number of benzene rings is 1. The molecule has 1 N–H and O–H groups in total. The largest absolute Gasteiger partial charge is 0.450 e. The van der Waals surface area contributed by atoms with Gasteiger partial charge in [0.1, 0.15) is 6.04 Å². The molecular formula is C11H10BrNO3. The lowest BCUT2D eigenvalue weighted by molar-refractivity contribution is -0.164. The number of halogens is 1. The highest BCUT2D eigenvalue weighted by Gasteiger charge is 2.42. The minimum Gasteiger partial charge on any atom is -0.450 e. The molecule has 1 fully saturated rings. The monoisotopic (exact) mass is 283 g/mol. The van der Waals surface area contributed by atoms with Crippen molar-refractivity contribution in [3.63, 3.8) is 0 Å². The minimum atomic E-state index is -0.702. The molecule has 1 aliphatic heterocycles. The van der Waals surface area contributed by atoms with Crippen molar-refractivity contribution in [2.45, 2.75) is 19.1 Å². The quantitative estimate of drug-likeness (QED) is 0.662. The van der Waals surface area contributed by atoms with Crippen LogP contribution in [-0.4, -0.2) is 18.0 Å². The van der Waals surface area contributed by atoms with Crippen LogP contribution in [0.15, 0.2) is 28.7 Å². The Morgan fingerprint density at radius 2 is 2.25 bits per heavy atom. The lowest BCUT2D eigenvalue weighted by Crippen LogP contribution is -2.57. The van der Waals surface area contributed by atoms with Gasteiger partial charge in [-0.2, -0.15) is 0 Å². The SMILES string of the molecule is CC(=O)OC1C(=O)NC1c1cccc(Br)c1. The van der Waals surface area contributed by atoms with Crippen LogP contribution in [0.2, 0.25) is 0 Å². The van der Waals surface area contributed by atoms with Gasteiger partial charge in [-0.15, -0.1) is 0 Å². The summed E-state index contributed by atoms with van der Waals surface area (Å²) in [7, 11) is 0. The molecule has 0 saturated carbocycles. The van der Waals surface area contributed by atoms with Gasteiger partial charge in [-0.25, -0.2) is 0 Å². The maximum atomic E-state index is 11.2. The highest BCUT2D eigenvalue weighted by Crippen LogP contribution is 2.28. The van der Waals surface area contributed by atoms with E-state index in [0.717, 1.165) is 10.0 Å². The van der Waals surface area contributed by atoms with Crippen LogP contribution in [0.4, 0.5) is 0 Å². The van der Waals surface area contributed by atoms with Gasteiger partial charge in [-0.05, 0) is 17.7 Å². The number of β-lactam (4-membered cyclic amide) rings is 1. The molecule has 2 unspecified atom stereocenters. The van der Waals surface area contributed by atoms with Gasteiger partial charge in [0.15, 0.2) is 0 Å². The molecule has 1 amide bonds. The van der Waals surface area contributed by atoms with Crippen molar-refractivity contribution >= 4 is 27.8 Å². The molecule has 1 aliphatic rings. The second kappa shape index (κ2) is 4.25. The summed E-state index contributed by atoms with van der Waals surface area (Å²) in [5.41, 5.74) is 0.917. The third kappa shape index (κ3) is 2.09. The topological polar surface area (TPSA) is 55.4 Å². The average molecular weight is 284 g/mol. The first kappa shape index (κ1) is 11.1. The summed E-state index contributed by atoms with van der Waals surface area (Å²) in [4.78, 5) is 22.1. The maximum Gasteiger partial charge on any atom is 0.303 e. The molecule has 0 aliphatic carbocycles. The summed E-state index contributed by atoms with van der Waals surface area (Å²) in [5, 5.41) is 2.70. The number of carbonyl (C=O) groups is 2. The van der Waals surface area contributed by atoms with Crippen LogP contribution in [0, 0.1) is 0 Å². The van der Waals surface area contributed by atoms with Crippen LogP contribution in [0.25, 0.3) is 0 Å². The van der Waals surface area contributed by atoms with Crippen LogP contribution in [0.3, 0.4) is 0 Å². The fourth-order valence-electron chi connectivity index (χ4n) is 1.62. The molecule has 0 radical (unpaired) electrons. The Bertz CT molecular complexity index is 447. The zero-order valence-electron chi connectivity index (χ0n) is 8.57. The van der Waals surface area contributed by atoms with Crippen LogP contribution < -0.4 is 5.32 Å². The van der Waals surface area contributed by atoms with E-state index in [1.54, 1.807) is 0 Å². The van der Waals surface area contributed by atoms with Crippen molar-refractivity contribution in [1.82, 2.24) is 5.32 Å². The standard InChI is InChI=1S/C11H10BrNO3/c1-6(14)16-10-9(13-11(10)15)7-3-2-4-8(12)5-7/h2-5,9-10H,1H3,(H,13,15). The third-order valence-electron chi connectivity index (χ3n) is 2.36. The van der Waals surface area contributed by atoms with Crippen LogP contribution in [-0.2, 0) is 14.3 Å². The van der Waals surface area contributed by atoms with E-state index in [0.29, 0.717) is 0 Å². The molecule has 1 aromatic rings. The van der Waals surface area contributed by atoms with Gasteiger partial charge in [0.25, 0.3) is 5.91 Å². The first-order valence-electron chi connectivity index (χ1n) is 4.81. The third-order valence-corrected chi connectivity index (χ3v) is 2.85. The van der Waals surface area contributed by atoms with Crippen LogP contribution >= 0.6 is 15.9 Å². The number of nitrogens with one attached hydrogen (secondary N) is 1. The van der Waals surface area contributed by atoms with Gasteiger partial charge in [-0.1, -0.05) is 28.1 Å². The smallest absolute Gasteiger partial charge is 0.303 e. The zero-order valence-corrected chi connectivity index (χ0v) is 10.2. The van der Waals surface area contributed by atoms with E-state index < -0.39 is 12.1 Å². The summed E-state index contributed by atoms with van der Waals surface area (Å²) in [6.45, 7) is 1.30. The van der Waals surface area contributed by atoms with Crippen molar-refractivity contribution in [2.24, 2.45) is 0 Å². The van der Waals surface area contributed by atoms with Gasteiger partial charge in [0.2, 0.25) is 6.10 Å². The molecule has 2 atom stereocenters. The molecule has 1 heterocycles. The van der Waals surface area contributed by atoms with Crippen molar-refractivity contribution < 1.29 is 14.3 Å². The normalized spacial score (nSPS) is 23.2. The molecule has 0 spiro atoms. The van der Waals surface area contributed by atoms with E-state index in [9.17, 15) is 9.59 Å². The van der Waals surface area contributed by atoms with Crippen molar-refractivity contribution in [3.8, 4) is 0 Å². The Kier molecular flexibility index (Phi) is 2.96. The van der Waals surface area contributed by atoms with E-state index in [1.807, 2.05) is 24.3 Å². The molecule has 5 heteroatoms. The zero-order chi connectivity index (χ0) is 11.7. The van der Waals surface area contributed by atoms with Gasteiger partial charge < -0.3 is 10.1 Å². The summed E-state index contributed by atoms with van der Waals surface area (Å²) >= 11 is 3.35. The number of hydrogen-bond acceptors (Lipinski definition) is 3. The molecule has 16 heavy (non-hydrogen) atoms. The van der Waals surface area contributed by atoms with Crippen LogP contribution in [0.5, 0.6) is 0 Å². The van der Waals surface area contributed by atoms with Crippen molar-refractivity contribution in [2.75, 3.05) is 0 Å². The highest BCUT2D eigenvalue weighted by atomic mass is 79.9. The highest BCUT2D eigenvalue weighted by molar-refractivity contribution is 9.10. The second-order valence-corrected chi connectivity index (χ2v) is 4.49. The number of esters is 1. The molecule has 2 rings (SSSR count). The van der Waals surface area contributed by atoms with Gasteiger partial charge in [-0.3, -0.25) is 9.59 Å². The molecule has 84 valence electrons. The first-order valence-corrected chi connectivity index (χ1v) is 5.60. The van der Waals surface area contributed by atoms with Gasteiger partial charge >= 0.3 is 5.97 Å². The van der Waals surface area contributed by atoms with E-state index >= 15 is 0 Å². The Morgan fingerprint density at radius 3 is 2.81 bits per heavy atom. The Balaban J connectivity index is 2.16. The minimum absolute atomic E-state index is 0.242. The maximum absolute atomic E-state index is 11.2. The van der Waals surface area contributed by atoms with E-state index in [-0.39, 0.29) is 11.9 Å². The fraction of sp³-hybridized carbons (Fsp3) is 0.273. The lowest BCUT2D eigenvalue weighted by atomic mass is 9.94. The molecule has 0 bridgehead atoms. The lowest BCUT2D eigenvalue weighted by Gasteiger charge is -2.35. The number of carbonyl (C=O) groups excluding carboxylic acids is 2. The van der Waals surface area contributed by atoms with Crippen LogP contribution in [0.1, 0.15) is 18.5 Å². The fourth-order valence-corrected chi connectivity index (χ4v) is 2.04. The molecule has 4 nitrogen and oxygen atoms in total. The molecular weight excluding hydrogens is 274 g/mol. The average Bonchev–Trinajstić information content (AvgIpc) is 2.22. The van der Waals surface area contributed by atoms with E-state index in [4.69, 9.17) is 4.74 Å². The summed E-state index contributed by atoms with van der Waals surface area (Å²) in [6.07, 6.45) is -0.702. The summed E-state index contributed by atoms with van der Waals surface area (Å²) in [5.74, 6) is -0.694. The summed E-state index contributed by atoms with van der Waals surface area (Å²) < 4.78 is 5.86. The molecule has 0 aromatic heterocycles. The van der Waals surface area contributed by atoms with E-state index in [1.165, 1.54) is 6.92 Å². The number of hydrogen-bond donors (Lipinski definition) is 1. The Labute approximate surface area is 101 Å². The number of ether oxygens (including phenoxy) is 1. The predicted molar refractivity (Wildman–Crippen MR) is 60.6 cm³/mol. The molecule has 1 saturated heterocycles. The Morgan fingerprint density at radius 1 is 1.50 bits per heavy atom. The van der Waals surface area contributed by atoms with Gasteiger partial charge in [0, 0.05) is 11.4 Å². The van der Waals surface area contributed by atoms with E-state index in [2.05, 4.69) is 21.2 Å². The second-order valence-electron chi connectivity index (χ2n) is 3.57. The van der Waals surface area contributed by atoms with Crippen molar-refractivity contribution in [1.29, 1.82) is 0 Å².